The van der Waals surface area contributed by atoms with Crippen LogP contribution in [0.3, 0.4) is 0 Å². The summed E-state index contributed by atoms with van der Waals surface area (Å²) < 4.78 is 12.8. The van der Waals surface area contributed by atoms with Crippen LogP contribution < -0.4 is 5.32 Å². The third-order valence-corrected chi connectivity index (χ3v) is 3.16. The lowest BCUT2D eigenvalue weighted by molar-refractivity contribution is -0.120. The number of carbonyl (C=O) groups excluding carboxylic acids is 1. The first-order valence-electron chi connectivity index (χ1n) is 7.04. The molecule has 0 saturated heterocycles. The molecular formula is C16H14FN5O. The number of hydrogen-bond donors (Lipinski definition) is 2. The smallest absolute Gasteiger partial charge is 0.227 e. The summed E-state index contributed by atoms with van der Waals surface area (Å²) >= 11 is 0. The maximum atomic E-state index is 12.8. The number of carbonyl (C=O) groups is 1. The number of aromatic amines is 1. The molecule has 7 heteroatoms. The third kappa shape index (κ3) is 3.97. The Morgan fingerprint density at radius 2 is 2.00 bits per heavy atom. The molecule has 2 aromatic heterocycles. The molecule has 3 aromatic rings. The van der Waals surface area contributed by atoms with E-state index >= 15 is 0 Å². The van der Waals surface area contributed by atoms with Crippen LogP contribution in [-0.2, 0) is 17.8 Å². The Labute approximate surface area is 131 Å². The van der Waals surface area contributed by atoms with Crippen LogP contribution in [0.25, 0.3) is 11.5 Å². The fraction of sp³-hybridized carbons (Fsp3) is 0.125. The number of H-pyrrole nitrogens is 1. The Morgan fingerprint density at radius 1 is 1.17 bits per heavy atom. The maximum Gasteiger partial charge on any atom is 0.227 e. The fourth-order valence-electron chi connectivity index (χ4n) is 2.00. The Balaban J connectivity index is 1.56. The molecule has 0 aliphatic heterocycles. The second kappa shape index (κ2) is 6.78. The molecule has 0 radical (unpaired) electrons. The summed E-state index contributed by atoms with van der Waals surface area (Å²) in [6.45, 7) is 0.334. The Hall–Kier alpha value is -3.09. The van der Waals surface area contributed by atoms with Crippen molar-refractivity contribution >= 4 is 5.91 Å². The van der Waals surface area contributed by atoms with Crippen molar-refractivity contribution in [2.75, 3.05) is 0 Å². The minimum absolute atomic E-state index is 0.0844. The van der Waals surface area contributed by atoms with E-state index in [9.17, 15) is 9.18 Å². The first-order chi connectivity index (χ1) is 11.2. The van der Waals surface area contributed by atoms with E-state index in [1.54, 1.807) is 30.5 Å². The summed E-state index contributed by atoms with van der Waals surface area (Å²) in [6.07, 6.45) is 1.74. The monoisotopic (exact) mass is 311 g/mol. The van der Waals surface area contributed by atoms with E-state index in [0.29, 0.717) is 23.9 Å². The maximum absolute atomic E-state index is 12.8. The van der Waals surface area contributed by atoms with Gasteiger partial charge in [0.1, 0.15) is 17.3 Å². The van der Waals surface area contributed by atoms with Crippen molar-refractivity contribution < 1.29 is 9.18 Å². The van der Waals surface area contributed by atoms with E-state index in [0.717, 1.165) is 5.56 Å². The number of benzene rings is 1. The summed E-state index contributed by atoms with van der Waals surface area (Å²) in [5.74, 6) is 0.413. The third-order valence-electron chi connectivity index (χ3n) is 3.16. The van der Waals surface area contributed by atoms with E-state index in [1.165, 1.54) is 12.1 Å². The molecule has 0 bridgehead atoms. The molecule has 0 spiro atoms. The molecule has 1 aromatic carbocycles. The van der Waals surface area contributed by atoms with Gasteiger partial charge in [-0.05, 0) is 29.8 Å². The molecule has 0 atom stereocenters. The van der Waals surface area contributed by atoms with Gasteiger partial charge in [-0.2, -0.15) is 5.10 Å². The second-order valence-electron chi connectivity index (χ2n) is 4.90. The summed E-state index contributed by atoms with van der Waals surface area (Å²) in [5, 5.41) is 9.53. The molecule has 0 aliphatic carbocycles. The molecule has 116 valence electrons. The first kappa shape index (κ1) is 14.8. The number of aromatic nitrogens is 4. The summed E-state index contributed by atoms with van der Waals surface area (Å²) in [4.78, 5) is 20.3. The molecule has 2 heterocycles. The molecule has 1 amide bonds. The highest BCUT2D eigenvalue weighted by atomic mass is 19.1. The van der Waals surface area contributed by atoms with Crippen molar-refractivity contribution in [3.8, 4) is 11.5 Å². The predicted molar refractivity (Wildman–Crippen MR) is 81.6 cm³/mol. The van der Waals surface area contributed by atoms with E-state index < -0.39 is 0 Å². The van der Waals surface area contributed by atoms with Crippen molar-refractivity contribution in [1.82, 2.24) is 25.5 Å². The van der Waals surface area contributed by atoms with Crippen molar-refractivity contribution in [3.05, 3.63) is 65.9 Å². The topological polar surface area (TPSA) is 83.6 Å². The first-order valence-corrected chi connectivity index (χ1v) is 7.04. The Kier molecular flexibility index (Phi) is 4.37. The van der Waals surface area contributed by atoms with Crippen LogP contribution in [-0.4, -0.2) is 26.1 Å². The van der Waals surface area contributed by atoms with Gasteiger partial charge >= 0.3 is 0 Å². The van der Waals surface area contributed by atoms with Gasteiger partial charge in [0.25, 0.3) is 0 Å². The van der Waals surface area contributed by atoms with Crippen LogP contribution in [0.15, 0.2) is 48.7 Å². The number of nitrogens with zero attached hydrogens (tertiary/aromatic N) is 3. The normalized spacial score (nSPS) is 10.5. The van der Waals surface area contributed by atoms with Gasteiger partial charge < -0.3 is 5.32 Å². The SMILES string of the molecule is O=C(Cc1nc(-c2ccccn2)n[nH]1)NCc1ccc(F)cc1. The second-order valence-corrected chi connectivity index (χ2v) is 4.90. The Bertz CT molecular complexity index is 786. The minimum Gasteiger partial charge on any atom is -0.352 e. The molecule has 0 aliphatic rings. The molecule has 0 unspecified atom stereocenters. The number of rotatable bonds is 5. The van der Waals surface area contributed by atoms with Gasteiger partial charge in [0, 0.05) is 12.7 Å². The van der Waals surface area contributed by atoms with Crippen LogP contribution in [0.2, 0.25) is 0 Å². The van der Waals surface area contributed by atoms with Crippen molar-refractivity contribution in [3.63, 3.8) is 0 Å². The lowest BCUT2D eigenvalue weighted by Crippen LogP contribution is -2.25. The zero-order chi connectivity index (χ0) is 16.1. The van der Waals surface area contributed by atoms with E-state index in [2.05, 4.69) is 25.5 Å². The molecule has 6 nitrogen and oxygen atoms in total. The molecular weight excluding hydrogens is 297 g/mol. The number of halogens is 1. The van der Waals surface area contributed by atoms with Crippen LogP contribution in [0.5, 0.6) is 0 Å². The average molecular weight is 311 g/mol. The summed E-state index contributed by atoms with van der Waals surface area (Å²) in [6, 6.07) is 11.4. The highest BCUT2D eigenvalue weighted by Gasteiger charge is 2.10. The standard InChI is InChI=1S/C16H14FN5O/c17-12-6-4-11(5-7-12)10-19-15(23)9-14-20-16(22-21-14)13-3-1-2-8-18-13/h1-8H,9-10H2,(H,19,23)(H,20,21,22). The van der Waals surface area contributed by atoms with Gasteiger partial charge in [-0.15, -0.1) is 0 Å². The average Bonchev–Trinajstić information content (AvgIpc) is 3.04. The van der Waals surface area contributed by atoms with Crippen molar-refractivity contribution in [2.24, 2.45) is 0 Å². The van der Waals surface area contributed by atoms with Crippen LogP contribution in [0.1, 0.15) is 11.4 Å². The number of amides is 1. The lowest BCUT2D eigenvalue weighted by atomic mass is 10.2. The van der Waals surface area contributed by atoms with Crippen molar-refractivity contribution in [2.45, 2.75) is 13.0 Å². The highest BCUT2D eigenvalue weighted by Crippen LogP contribution is 2.10. The largest absolute Gasteiger partial charge is 0.352 e. The van der Waals surface area contributed by atoms with Gasteiger partial charge in [-0.1, -0.05) is 18.2 Å². The molecule has 2 N–H and O–H groups in total. The number of hydrogen-bond acceptors (Lipinski definition) is 4. The number of pyridine rings is 1. The lowest BCUT2D eigenvalue weighted by Gasteiger charge is -2.03. The Morgan fingerprint density at radius 3 is 2.74 bits per heavy atom. The van der Waals surface area contributed by atoms with Gasteiger partial charge in [-0.3, -0.25) is 14.9 Å². The quantitative estimate of drug-likeness (QED) is 0.753. The van der Waals surface area contributed by atoms with Gasteiger partial charge in [-0.25, -0.2) is 9.37 Å². The summed E-state index contributed by atoms with van der Waals surface area (Å²) in [7, 11) is 0. The fourth-order valence-corrected chi connectivity index (χ4v) is 2.00. The minimum atomic E-state index is -0.302. The van der Waals surface area contributed by atoms with Crippen LogP contribution >= 0.6 is 0 Å². The van der Waals surface area contributed by atoms with Crippen molar-refractivity contribution in [1.29, 1.82) is 0 Å². The molecule has 23 heavy (non-hydrogen) atoms. The van der Waals surface area contributed by atoms with E-state index in [-0.39, 0.29) is 18.1 Å². The summed E-state index contributed by atoms with van der Waals surface area (Å²) in [5.41, 5.74) is 1.47. The molecule has 0 fully saturated rings. The molecule has 0 saturated carbocycles. The van der Waals surface area contributed by atoms with Gasteiger partial charge in [0.15, 0.2) is 5.82 Å². The van der Waals surface area contributed by atoms with E-state index in [1.807, 2.05) is 6.07 Å². The number of nitrogens with one attached hydrogen (secondary N) is 2. The van der Waals surface area contributed by atoms with Gasteiger partial charge in [0.2, 0.25) is 5.91 Å². The highest BCUT2D eigenvalue weighted by molar-refractivity contribution is 5.77. The van der Waals surface area contributed by atoms with Crippen LogP contribution in [0, 0.1) is 5.82 Å². The zero-order valence-corrected chi connectivity index (χ0v) is 12.2. The van der Waals surface area contributed by atoms with E-state index in [4.69, 9.17) is 0 Å². The van der Waals surface area contributed by atoms with Crippen LogP contribution in [0.4, 0.5) is 4.39 Å². The van der Waals surface area contributed by atoms with Gasteiger partial charge in [0.05, 0.1) is 6.42 Å². The predicted octanol–water partition coefficient (Wildman–Crippen LogP) is 1.86. The molecule has 3 rings (SSSR count). The zero-order valence-electron chi connectivity index (χ0n) is 12.2.